The summed E-state index contributed by atoms with van der Waals surface area (Å²) in [5.74, 6) is -1.39. The molecular weight excluding hydrogens is 729 g/mol. The second-order valence-corrected chi connectivity index (χ2v) is 15.1. The summed E-state index contributed by atoms with van der Waals surface area (Å²) in [6, 6.07) is 16.8. The van der Waals surface area contributed by atoms with Crippen molar-refractivity contribution in [1.29, 1.82) is 0 Å². The molecule has 1 aliphatic carbocycles. The van der Waals surface area contributed by atoms with Crippen LogP contribution in [0, 0.1) is 0 Å². The highest BCUT2D eigenvalue weighted by atomic mass is 16.6. The minimum Gasteiger partial charge on any atom is -0.474 e. The average molecular weight is 773 g/mol. The number of imide groups is 2. The number of anilines is 1. The Morgan fingerprint density at radius 1 is 0.737 bits per heavy atom. The lowest BCUT2D eigenvalue weighted by atomic mass is 9.92. The monoisotopic (exact) mass is 772 g/mol. The van der Waals surface area contributed by atoms with E-state index in [0.717, 1.165) is 76.9 Å². The molecule has 2 saturated heterocycles. The predicted molar refractivity (Wildman–Crippen MR) is 210 cm³/mol. The molecular formula is C43H44N6O8. The van der Waals surface area contributed by atoms with Crippen molar-refractivity contribution >= 4 is 51.1 Å². The summed E-state index contributed by atoms with van der Waals surface area (Å²) in [6.07, 6.45) is 9.44. The fourth-order valence-corrected chi connectivity index (χ4v) is 8.36. The number of aromatic nitrogens is 3. The third-order valence-corrected chi connectivity index (χ3v) is 11.6. The molecule has 0 bridgehead atoms. The number of benzene rings is 2. The highest BCUT2D eigenvalue weighted by molar-refractivity contribution is 6.23. The number of piperidine rings is 2. The zero-order chi connectivity index (χ0) is 39.0. The van der Waals surface area contributed by atoms with E-state index in [2.05, 4.69) is 56.1 Å². The van der Waals surface area contributed by atoms with Gasteiger partial charge in [-0.2, -0.15) is 0 Å². The molecule has 1 saturated carbocycles. The van der Waals surface area contributed by atoms with Gasteiger partial charge in [-0.25, -0.2) is 4.98 Å². The van der Waals surface area contributed by atoms with Crippen molar-refractivity contribution < 1.29 is 38.1 Å². The molecule has 0 radical (unpaired) electrons. The molecule has 6 heterocycles. The van der Waals surface area contributed by atoms with Crippen LogP contribution in [-0.2, 0) is 30.8 Å². The first kappa shape index (κ1) is 36.9. The van der Waals surface area contributed by atoms with Gasteiger partial charge in [0.25, 0.3) is 11.8 Å². The van der Waals surface area contributed by atoms with Crippen LogP contribution >= 0.6 is 0 Å². The smallest absolute Gasteiger partial charge is 0.262 e. The summed E-state index contributed by atoms with van der Waals surface area (Å²) < 4.78 is 26.1. The summed E-state index contributed by atoms with van der Waals surface area (Å²) in [6.45, 7) is 3.48. The van der Waals surface area contributed by atoms with E-state index in [0.29, 0.717) is 32.3 Å². The van der Waals surface area contributed by atoms with E-state index in [1.165, 1.54) is 5.39 Å². The highest BCUT2D eigenvalue weighted by Crippen LogP contribution is 2.34. The lowest BCUT2D eigenvalue weighted by molar-refractivity contribution is -0.136. The van der Waals surface area contributed by atoms with Gasteiger partial charge in [-0.1, -0.05) is 12.1 Å². The van der Waals surface area contributed by atoms with Gasteiger partial charge in [0, 0.05) is 91.6 Å². The maximum atomic E-state index is 13.2. The molecule has 1 atom stereocenters. The summed E-state index contributed by atoms with van der Waals surface area (Å²) in [5.41, 5.74) is 5.87. The fourth-order valence-electron chi connectivity index (χ4n) is 8.36. The Labute approximate surface area is 329 Å². The molecule has 4 amide bonds. The van der Waals surface area contributed by atoms with Gasteiger partial charge < -0.3 is 28.4 Å². The number of hydrogen-bond acceptors (Lipinski definition) is 11. The Hall–Kier alpha value is -5.70. The molecule has 4 aliphatic rings. The molecule has 57 heavy (non-hydrogen) atoms. The molecule has 1 unspecified atom stereocenters. The lowest BCUT2D eigenvalue weighted by Gasteiger charge is -2.34. The molecule has 3 aliphatic heterocycles. The van der Waals surface area contributed by atoms with Crippen molar-refractivity contribution in [3.8, 4) is 17.0 Å². The highest BCUT2D eigenvalue weighted by Gasteiger charge is 2.45. The molecule has 5 aromatic rings. The largest absolute Gasteiger partial charge is 0.474 e. The third-order valence-electron chi connectivity index (χ3n) is 11.6. The van der Waals surface area contributed by atoms with Crippen LogP contribution < -0.4 is 15.0 Å². The van der Waals surface area contributed by atoms with Gasteiger partial charge in [-0.3, -0.25) is 34.4 Å². The topological polar surface area (TPSA) is 154 Å². The van der Waals surface area contributed by atoms with E-state index in [9.17, 15) is 19.2 Å². The summed E-state index contributed by atoms with van der Waals surface area (Å²) in [7, 11) is 2.08. The SMILES string of the molecule is Cn1c2ccncc2c2ccc(-c3ccc(OC4CC(OCCOCCOC5CCN(c6ccc7c(c6)C(=O)N(C6CCC(=O)NC6=O)C7=O)CC5)C4)nc3)cc21. The molecule has 3 aromatic heterocycles. The Morgan fingerprint density at radius 3 is 2.28 bits per heavy atom. The van der Waals surface area contributed by atoms with Gasteiger partial charge >= 0.3 is 0 Å². The van der Waals surface area contributed by atoms with E-state index in [1.54, 1.807) is 12.1 Å². The van der Waals surface area contributed by atoms with Gasteiger partial charge in [0.15, 0.2) is 0 Å². The van der Waals surface area contributed by atoms with Crippen molar-refractivity contribution in [3.05, 3.63) is 84.3 Å². The molecule has 294 valence electrons. The van der Waals surface area contributed by atoms with E-state index in [1.807, 2.05) is 36.8 Å². The first-order chi connectivity index (χ1) is 27.8. The number of fused-ring (bicyclic) bond motifs is 4. The standard InChI is InChI=1S/C43H44N6O8/c1-47-36-10-13-44-25-35(36)32-5-2-26(20-38(32)47)27-3-9-40(45-24-27)57-31-22-30(23-31)56-19-17-54-16-18-55-29-11-14-48(15-12-29)28-4-6-33-34(21-28)43(53)49(42(33)52)37-7-8-39(50)46-41(37)51/h2-6,9-10,13,20-21,24-25,29-31,37H,7-8,11-12,14-19,22-23H2,1H3,(H,46,50,51). The number of rotatable bonds is 13. The van der Waals surface area contributed by atoms with Crippen LogP contribution in [0.3, 0.4) is 0 Å². The van der Waals surface area contributed by atoms with Crippen LogP contribution in [0.2, 0.25) is 0 Å². The Bertz CT molecular complexity index is 2350. The van der Waals surface area contributed by atoms with E-state index < -0.39 is 29.7 Å². The molecule has 14 heteroatoms. The van der Waals surface area contributed by atoms with Crippen LogP contribution in [0.1, 0.15) is 59.2 Å². The van der Waals surface area contributed by atoms with Gasteiger partial charge in [-0.15, -0.1) is 0 Å². The van der Waals surface area contributed by atoms with Crippen LogP contribution in [0.4, 0.5) is 5.69 Å². The number of ether oxygens (including phenoxy) is 4. The number of pyridine rings is 2. The van der Waals surface area contributed by atoms with Crippen LogP contribution in [0.15, 0.2) is 73.2 Å². The zero-order valence-corrected chi connectivity index (χ0v) is 31.7. The fraction of sp³-hybridized carbons (Fsp3) is 0.395. The second kappa shape index (κ2) is 15.7. The number of aryl methyl sites for hydroxylation is 1. The molecule has 14 nitrogen and oxygen atoms in total. The Balaban J connectivity index is 0.643. The van der Waals surface area contributed by atoms with Gasteiger partial charge in [-0.05, 0) is 61.2 Å². The molecule has 0 spiro atoms. The maximum absolute atomic E-state index is 13.2. The minimum atomic E-state index is -0.975. The van der Waals surface area contributed by atoms with Gasteiger partial charge in [0.1, 0.15) is 12.1 Å². The molecule has 2 aromatic carbocycles. The normalized spacial score (nSPS) is 21.3. The molecule has 3 fully saturated rings. The van der Waals surface area contributed by atoms with E-state index in [-0.39, 0.29) is 42.3 Å². The summed E-state index contributed by atoms with van der Waals surface area (Å²) >= 11 is 0. The van der Waals surface area contributed by atoms with Crippen molar-refractivity contribution in [3.63, 3.8) is 0 Å². The maximum Gasteiger partial charge on any atom is 0.262 e. The van der Waals surface area contributed by atoms with E-state index >= 15 is 0 Å². The Morgan fingerprint density at radius 2 is 1.51 bits per heavy atom. The van der Waals surface area contributed by atoms with Crippen molar-refractivity contribution in [2.24, 2.45) is 7.05 Å². The van der Waals surface area contributed by atoms with Crippen LogP contribution in [0.5, 0.6) is 5.88 Å². The van der Waals surface area contributed by atoms with Crippen LogP contribution in [0.25, 0.3) is 32.9 Å². The number of amides is 4. The zero-order valence-electron chi connectivity index (χ0n) is 31.7. The van der Waals surface area contributed by atoms with Gasteiger partial charge in [0.05, 0.1) is 55.3 Å². The molecule has 9 rings (SSSR count). The number of carbonyl (C=O) groups is 4. The quantitative estimate of drug-likeness (QED) is 0.130. The van der Waals surface area contributed by atoms with Gasteiger partial charge in [0.2, 0.25) is 17.7 Å². The van der Waals surface area contributed by atoms with E-state index in [4.69, 9.17) is 18.9 Å². The Kier molecular flexibility index (Phi) is 10.2. The first-order valence-corrected chi connectivity index (χ1v) is 19.7. The average Bonchev–Trinajstić information content (AvgIpc) is 3.64. The summed E-state index contributed by atoms with van der Waals surface area (Å²) in [5, 5.41) is 4.56. The number of carbonyl (C=O) groups excluding carboxylic acids is 4. The third kappa shape index (κ3) is 7.36. The lowest BCUT2D eigenvalue weighted by Crippen LogP contribution is -2.54. The van der Waals surface area contributed by atoms with Crippen molar-refractivity contribution in [2.45, 2.75) is 62.9 Å². The minimum absolute atomic E-state index is 0.0829. The predicted octanol–water partition coefficient (Wildman–Crippen LogP) is 4.82. The van der Waals surface area contributed by atoms with Crippen LogP contribution in [-0.4, -0.2) is 107 Å². The second-order valence-electron chi connectivity index (χ2n) is 15.1. The molecule has 1 N–H and O–H groups in total. The summed E-state index contributed by atoms with van der Waals surface area (Å²) in [4.78, 5) is 62.2. The number of hydrogen-bond donors (Lipinski definition) is 1. The number of nitrogens with one attached hydrogen (secondary N) is 1. The van der Waals surface area contributed by atoms with Crippen molar-refractivity contribution in [1.82, 2.24) is 24.8 Å². The first-order valence-electron chi connectivity index (χ1n) is 19.7. The van der Waals surface area contributed by atoms with Crippen molar-refractivity contribution in [2.75, 3.05) is 44.4 Å². The number of nitrogens with zero attached hydrogens (tertiary/aromatic N) is 5.